The van der Waals surface area contributed by atoms with Crippen LogP contribution < -0.4 is 5.32 Å². The molecule has 0 unspecified atom stereocenters. The molecule has 1 fully saturated rings. The first-order valence-electron chi connectivity index (χ1n) is 6.12. The molecule has 0 saturated heterocycles. The van der Waals surface area contributed by atoms with Crippen LogP contribution in [0.1, 0.15) is 19.3 Å². The minimum Gasteiger partial charge on any atom is -0.382 e. The van der Waals surface area contributed by atoms with Crippen molar-refractivity contribution in [2.24, 2.45) is 5.41 Å². The summed E-state index contributed by atoms with van der Waals surface area (Å²) in [4.78, 5) is 0. The van der Waals surface area contributed by atoms with E-state index in [1.165, 1.54) is 19.3 Å². The molecule has 0 atom stereocenters. The molecule has 1 N–H and O–H groups in total. The quantitative estimate of drug-likeness (QED) is 0.540. The third kappa shape index (κ3) is 5.80. The lowest BCUT2D eigenvalue weighted by atomic mass is 10.0. The molecule has 0 bridgehead atoms. The number of hydrogen-bond acceptors (Lipinski definition) is 4. The first-order chi connectivity index (χ1) is 7.83. The Balaban J connectivity index is 1.81. The van der Waals surface area contributed by atoms with Crippen LogP contribution in [0, 0.1) is 5.41 Å². The van der Waals surface area contributed by atoms with Gasteiger partial charge in [0.05, 0.1) is 26.4 Å². The largest absolute Gasteiger partial charge is 0.382 e. The zero-order valence-electron chi connectivity index (χ0n) is 10.6. The zero-order valence-corrected chi connectivity index (χ0v) is 10.6. The van der Waals surface area contributed by atoms with Crippen molar-refractivity contribution in [3.8, 4) is 0 Å². The van der Waals surface area contributed by atoms with Gasteiger partial charge in [-0.05, 0) is 31.7 Å². The standard InChI is InChI=1S/C12H25NO3/c1-13-11-12(3-4-12)5-6-15-9-10-16-8-7-14-2/h13H,3-11H2,1-2H3. The van der Waals surface area contributed by atoms with Crippen LogP contribution in [0.5, 0.6) is 0 Å². The highest BCUT2D eigenvalue weighted by atomic mass is 16.5. The lowest BCUT2D eigenvalue weighted by Crippen LogP contribution is -2.21. The van der Waals surface area contributed by atoms with Crippen molar-refractivity contribution in [1.82, 2.24) is 5.32 Å². The van der Waals surface area contributed by atoms with Crippen LogP contribution in [0.3, 0.4) is 0 Å². The summed E-state index contributed by atoms with van der Waals surface area (Å²) < 4.78 is 15.7. The summed E-state index contributed by atoms with van der Waals surface area (Å²) >= 11 is 0. The van der Waals surface area contributed by atoms with E-state index < -0.39 is 0 Å². The van der Waals surface area contributed by atoms with Gasteiger partial charge < -0.3 is 19.5 Å². The Kier molecular flexibility index (Phi) is 6.96. The van der Waals surface area contributed by atoms with Gasteiger partial charge in [0.1, 0.15) is 0 Å². The third-order valence-corrected chi connectivity index (χ3v) is 3.09. The fourth-order valence-corrected chi connectivity index (χ4v) is 1.82. The maximum absolute atomic E-state index is 5.54. The second-order valence-electron chi connectivity index (χ2n) is 4.50. The fraction of sp³-hybridized carbons (Fsp3) is 1.00. The Morgan fingerprint density at radius 3 is 2.19 bits per heavy atom. The molecular formula is C12H25NO3. The molecule has 1 aliphatic carbocycles. The van der Waals surface area contributed by atoms with Crippen LogP contribution in [-0.2, 0) is 14.2 Å². The molecule has 0 spiro atoms. The Bertz CT molecular complexity index is 172. The fourth-order valence-electron chi connectivity index (χ4n) is 1.82. The summed E-state index contributed by atoms with van der Waals surface area (Å²) in [6.07, 6.45) is 3.87. The van der Waals surface area contributed by atoms with E-state index >= 15 is 0 Å². The van der Waals surface area contributed by atoms with Gasteiger partial charge in [-0.25, -0.2) is 0 Å². The maximum atomic E-state index is 5.54. The molecule has 0 aromatic carbocycles. The number of nitrogens with one attached hydrogen (secondary N) is 1. The van der Waals surface area contributed by atoms with Crippen LogP contribution in [0.15, 0.2) is 0 Å². The van der Waals surface area contributed by atoms with Crippen LogP contribution >= 0.6 is 0 Å². The number of hydrogen-bond donors (Lipinski definition) is 1. The summed E-state index contributed by atoms with van der Waals surface area (Å²) in [7, 11) is 3.70. The van der Waals surface area contributed by atoms with Gasteiger partial charge in [-0.3, -0.25) is 0 Å². The molecule has 0 heterocycles. The Hall–Kier alpha value is -0.160. The highest BCUT2D eigenvalue weighted by molar-refractivity contribution is 4.94. The van der Waals surface area contributed by atoms with Gasteiger partial charge in [0.2, 0.25) is 0 Å². The molecular weight excluding hydrogens is 206 g/mol. The molecule has 0 amide bonds. The van der Waals surface area contributed by atoms with Crippen molar-refractivity contribution in [2.75, 3.05) is 53.7 Å². The molecule has 0 aromatic rings. The lowest BCUT2D eigenvalue weighted by Gasteiger charge is -2.14. The molecule has 1 aliphatic rings. The molecule has 0 aliphatic heterocycles. The van der Waals surface area contributed by atoms with Gasteiger partial charge in [0.15, 0.2) is 0 Å². The number of rotatable bonds is 11. The van der Waals surface area contributed by atoms with E-state index in [4.69, 9.17) is 14.2 Å². The van der Waals surface area contributed by atoms with E-state index in [2.05, 4.69) is 5.32 Å². The van der Waals surface area contributed by atoms with Crippen molar-refractivity contribution in [2.45, 2.75) is 19.3 Å². The van der Waals surface area contributed by atoms with E-state index in [9.17, 15) is 0 Å². The van der Waals surface area contributed by atoms with Crippen molar-refractivity contribution >= 4 is 0 Å². The van der Waals surface area contributed by atoms with Crippen molar-refractivity contribution in [3.63, 3.8) is 0 Å². The molecule has 0 aromatic heterocycles. The van der Waals surface area contributed by atoms with Crippen LogP contribution in [-0.4, -0.2) is 53.7 Å². The van der Waals surface area contributed by atoms with Gasteiger partial charge in [0.25, 0.3) is 0 Å². The second kappa shape index (κ2) is 8.01. The Morgan fingerprint density at radius 1 is 1.00 bits per heavy atom. The summed E-state index contributed by atoms with van der Waals surface area (Å²) in [6, 6.07) is 0. The molecule has 4 nitrogen and oxygen atoms in total. The first kappa shape index (κ1) is 13.9. The summed E-state index contributed by atoms with van der Waals surface area (Å²) in [5.41, 5.74) is 0.547. The summed E-state index contributed by atoms with van der Waals surface area (Å²) in [5, 5.41) is 3.25. The second-order valence-corrected chi connectivity index (χ2v) is 4.50. The van der Waals surface area contributed by atoms with E-state index in [0.717, 1.165) is 13.2 Å². The molecule has 96 valence electrons. The SMILES string of the molecule is CNCC1(CCOCCOCCOC)CC1. The third-order valence-electron chi connectivity index (χ3n) is 3.09. The van der Waals surface area contributed by atoms with Crippen LogP contribution in [0.2, 0.25) is 0 Å². The molecule has 4 heteroatoms. The van der Waals surface area contributed by atoms with Crippen LogP contribution in [0.25, 0.3) is 0 Å². The lowest BCUT2D eigenvalue weighted by molar-refractivity contribution is 0.0211. The molecule has 1 rings (SSSR count). The van der Waals surface area contributed by atoms with E-state index in [0.29, 0.717) is 31.8 Å². The first-order valence-corrected chi connectivity index (χ1v) is 6.12. The van der Waals surface area contributed by atoms with Gasteiger partial charge in [-0.15, -0.1) is 0 Å². The highest BCUT2D eigenvalue weighted by Gasteiger charge is 2.41. The van der Waals surface area contributed by atoms with Gasteiger partial charge >= 0.3 is 0 Å². The minimum absolute atomic E-state index is 0.547. The van der Waals surface area contributed by atoms with Crippen molar-refractivity contribution in [1.29, 1.82) is 0 Å². The summed E-state index contributed by atoms with van der Waals surface area (Å²) in [6.45, 7) is 4.66. The van der Waals surface area contributed by atoms with E-state index in [-0.39, 0.29) is 0 Å². The Morgan fingerprint density at radius 2 is 1.62 bits per heavy atom. The number of ether oxygens (including phenoxy) is 3. The highest BCUT2D eigenvalue weighted by Crippen LogP contribution is 2.47. The van der Waals surface area contributed by atoms with E-state index in [1.54, 1.807) is 7.11 Å². The molecule has 16 heavy (non-hydrogen) atoms. The average molecular weight is 231 g/mol. The predicted octanol–water partition coefficient (Wildman–Crippen LogP) is 1.06. The number of methoxy groups -OCH3 is 1. The Labute approximate surface area is 98.6 Å². The average Bonchev–Trinajstić information content (AvgIpc) is 3.03. The monoisotopic (exact) mass is 231 g/mol. The molecule has 0 radical (unpaired) electrons. The smallest absolute Gasteiger partial charge is 0.0701 e. The predicted molar refractivity (Wildman–Crippen MR) is 63.7 cm³/mol. The summed E-state index contributed by atoms with van der Waals surface area (Å²) in [5.74, 6) is 0. The van der Waals surface area contributed by atoms with Gasteiger partial charge in [0, 0.05) is 20.3 Å². The minimum atomic E-state index is 0.547. The van der Waals surface area contributed by atoms with Gasteiger partial charge in [-0.2, -0.15) is 0 Å². The van der Waals surface area contributed by atoms with Crippen molar-refractivity contribution < 1.29 is 14.2 Å². The topological polar surface area (TPSA) is 39.7 Å². The maximum Gasteiger partial charge on any atom is 0.0701 e. The van der Waals surface area contributed by atoms with Crippen LogP contribution in [0.4, 0.5) is 0 Å². The van der Waals surface area contributed by atoms with Gasteiger partial charge in [-0.1, -0.05) is 0 Å². The zero-order chi connectivity index (χ0) is 11.7. The molecule has 1 saturated carbocycles. The van der Waals surface area contributed by atoms with Crippen molar-refractivity contribution in [3.05, 3.63) is 0 Å². The normalized spacial score (nSPS) is 17.6. The van der Waals surface area contributed by atoms with E-state index in [1.807, 2.05) is 7.05 Å².